The largest absolute Gasteiger partial charge is 0.504 e. The van der Waals surface area contributed by atoms with Crippen molar-refractivity contribution in [1.82, 2.24) is 9.97 Å². The predicted octanol–water partition coefficient (Wildman–Crippen LogP) is 2.62. The van der Waals surface area contributed by atoms with Gasteiger partial charge in [0.15, 0.2) is 17.3 Å². The first-order chi connectivity index (χ1) is 12.5. The number of benzene rings is 2. The van der Waals surface area contributed by atoms with E-state index in [2.05, 4.69) is 9.97 Å². The maximum Gasteiger partial charge on any atom is 0.346 e. The molecule has 0 amide bonds. The van der Waals surface area contributed by atoms with E-state index in [1.807, 2.05) is 12.1 Å². The summed E-state index contributed by atoms with van der Waals surface area (Å²) in [6.45, 7) is 0. The molecule has 0 aliphatic heterocycles. The molecule has 2 N–H and O–H groups in total. The van der Waals surface area contributed by atoms with Crippen molar-refractivity contribution in [1.29, 1.82) is 0 Å². The number of nitrogens with one attached hydrogen (secondary N) is 1. The third-order valence-corrected chi connectivity index (χ3v) is 4.75. The van der Waals surface area contributed by atoms with Crippen molar-refractivity contribution in [3.8, 4) is 17.2 Å². The number of para-hydroxylation sites is 1. The molecule has 0 aliphatic carbocycles. The molecular weight excluding hydrogens is 356 g/mol. The molecule has 0 spiro atoms. The Morgan fingerprint density at radius 3 is 2.69 bits per heavy atom. The van der Waals surface area contributed by atoms with E-state index in [1.165, 1.54) is 20.3 Å². The van der Waals surface area contributed by atoms with E-state index in [0.717, 1.165) is 17.1 Å². The molecule has 26 heavy (non-hydrogen) atoms. The van der Waals surface area contributed by atoms with Crippen molar-refractivity contribution in [3.05, 3.63) is 52.4 Å². The summed E-state index contributed by atoms with van der Waals surface area (Å²) in [5, 5.41) is 11.5. The van der Waals surface area contributed by atoms with Gasteiger partial charge in [0, 0.05) is 5.39 Å². The van der Waals surface area contributed by atoms with Crippen molar-refractivity contribution in [2.75, 3.05) is 20.0 Å². The van der Waals surface area contributed by atoms with Crippen LogP contribution in [0.2, 0.25) is 0 Å². The van der Waals surface area contributed by atoms with Crippen molar-refractivity contribution in [2.45, 2.75) is 5.03 Å². The second-order valence-corrected chi connectivity index (χ2v) is 6.27. The van der Waals surface area contributed by atoms with Crippen LogP contribution in [0.4, 0.5) is 0 Å². The van der Waals surface area contributed by atoms with E-state index in [4.69, 9.17) is 9.47 Å². The van der Waals surface area contributed by atoms with Gasteiger partial charge in [-0.25, -0.2) is 4.79 Å². The number of phenolic OH excluding ortho intramolecular Hbond substituents is 1. The van der Waals surface area contributed by atoms with Crippen molar-refractivity contribution >= 4 is 28.4 Å². The first-order valence-corrected chi connectivity index (χ1v) is 8.62. The maximum atomic E-state index is 12.5. The molecule has 134 valence electrons. The predicted molar refractivity (Wildman–Crippen MR) is 98.6 cm³/mol. The van der Waals surface area contributed by atoms with Gasteiger partial charge in [0.2, 0.25) is 5.75 Å². The summed E-state index contributed by atoms with van der Waals surface area (Å²) in [5.74, 6) is -0.163. The van der Waals surface area contributed by atoms with E-state index in [1.54, 1.807) is 18.2 Å². The summed E-state index contributed by atoms with van der Waals surface area (Å²) < 4.78 is 10.2. The van der Waals surface area contributed by atoms with Gasteiger partial charge in [-0.3, -0.25) is 4.79 Å². The molecule has 0 fully saturated rings. The van der Waals surface area contributed by atoms with Crippen LogP contribution < -0.4 is 15.2 Å². The number of Topliss-reactive ketones (excluding diaryl/α,β-unsaturated/α-hetero) is 1. The van der Waals surface area contributed by atoms with Crippen LogP contribution in [-0.2, 0) is 0 Å². The van der Waals surface area contributed by atoms with Gasteiger partial charge < -0.3 is 19.6 Å². The number of carbonyl (C=O) groups is 1. The number of fused-ring (bicyclic) bond motifs is 1. The summed E-state index contributed by atoms with van der Waals surface area (Å²) in [6.07, 6.45) is 0. The summed E-state index contributed by atoms with van der Waals surface area (Å²) in [7, 11) is 2.82. The number of H-pyrrole nitrogens is 1. The Balaban J connectivity index is 1.87. The highest BCUT2D eigenvalue weighted by Crippen LogP contribution is 2.39. The monoisotopic (exact) mass is 372 g/mol. The van der Waals surface area contributed by atoms with Gasteiger partial charge >= 0.3 is 5.69 Å². The minimum Gasteiger partial charge on any atom is -0.504 e. The van der Waals surface area contributed by atoms with E-state index < -0.39 is 5.69 Å². The van der Waals surface area contributed by atoms with Gasteiger partial charge in [0.1, 0.15) is 5.03 Å². The number of aromatic nitrogens is 2. The van der Waals surface area contributed by atoms with Crippen molar-refractivity contribution < 1.29 is 19.4 Å². The number of rotatable bonds is 6. The van der Waals surface area contributed by atoms with Crippen LogP contribution in [0.5, 0.6) is 17.2 Å². The van der Waals surface area contributed by atoms with Crippen molar-refractivity contribution in [3.63, 3.8) is 0 Å². The molecule has 0 atom stereocenters. The molecular formula is C18H16N2O5S. The molecule has 1 aromatic heterocycles. The van der Waals surface area contributed by atoms with Gasteiger partial charge in [-0.2, -0.15) is 4.98 Å². The first kappa shape index (κ1) is 17.8. The van der Waals surface area contributed by atoms with E-state index in [0.29, 0.717) is 16.3 Å². The minimum absolute atomic E-state index is 0.00346. The molecule has 1 heterocycles. The number of ketones is 1. The highest BCUT2D eigenvalue weighted by molar-refractivity contribution is 8.00. The van der Waals surface area contributed by atoms with Crippen LogP contribution in [0.3, 0.4) is 0 Å². The Hall–Kier alpha value is -3.00. The quantitative estimate of drug-likeness (QED) is 0.390. The molecule has 2 aromatic carbocycles. The molecule has 3 aromatic rings. The Labute approximate surface area is 153 Å². The first-order valence-electron chi connectivity index (χ1n) is 7.64. The molecule has 0 unspecified atom stereocenters. The number of thioether (sulfide) groups is 1. The Bertz CT molecular complexity index is 1030. The highest BCUT2D eigenvalue weighted by atomic mass is 32.2. The lowest BCUT2D eigenvalue weighted by molar-refractivity contribution is 0.101. The SMILES string of the molecule is COc1ccc(C(=O)CSc2nc(=O)[nH]c3ccccc23)c(O)c1OC. The van der Waals surface area contributed by atoms with Gasteiger partial charge in [0.25, 0.3) is 0 Å². The van der Waals surface area contributed by atoms with Crippen LogP contribution in [0, 0.1) is 0 Å². The minimum atomic E-state index is -0.479. The Morgan fingerprint density at radius 2 is 1.96 bits per heavy atom. The zero-order chi connectivity index (χ0) is 18.7. The lowest BCUT2D eigenvalue weighted by atomic mass is 10.1. The number of methoxy groups -OCH3 is 2. The number of nitrogens with zero attached hydrogens (tertiary/aromatic N) is 1. The number of hydrogen-bond acceptors (Lipinski definition) is 7. The molecule has 3 rings (SSSR count). The van der Waals surface area contributed by atoms with Gasteiger partial charge in [-0.1, -0.05) is 30.0 Å². The fourth-order valence-corrected chi connectivity index (χ4v) is 3.44. The average Bonchev–Trinajstić information content (AvgIpc) is 2.65. The second kappa shape index (κ2) is 7.49. The number of hydrogen-bond donors (Lipinski definition) is 2. The topological polar surface area (TPSA) is 102 Å². The fraction of sp³-hybridized carbons (Fsp3) is 0.167. The van der Waals surface area contributed by atoms with Crippen LogP contribution in [0.25, 0.3) is 10.9 Å². The van der Waals surface area contributed by atoms with Crippen LogP contribution in [-0.4, -0.2) is 40.8 Å². The summed E-state index contributed by atoms with van der Waals surface area (Å²) in [4.78, 5) is 30.8. The maximum absolute atomic E-state index is 12.5. The number of ether oxygens (including phenoxy) is 2. The third kappa shape index (κ3) is 3.36. The summed E-state index contributed by atoms with van der Waals surface area (Å²) >= 11 is 1.14. The molecule has 0 radical (unpaired) electrons. The standard InChI is InChI=1S/C18H16N2O5S/c1-24-14-8-7-11(15(22)16(14)25-2)13(21)9-26-17-10-5-3-4-6-12(10)19-18(23)20-17/h3-8,22H,9H2,1-2H3,(H,19,20,23). The zero-order valence-corrected chi connectivity index (χ0v) is 14.9. The Morgan fingerprint density at radius 1 is 1.19 bits per heavy atom. The number of aromatic hydroxyl groups is 1. The smallest absolute Gasteiger partial charge is 0.346 e. The molecule has 0 saturated heterocycles. The van der Waals surface area contributed by atoms with Crippen LogP contribution >= 0.6 is 11.8 Å². The highest BCUT2D eigenvalue weighted by Gasteiger charge is 2.19. The lowest BCUT2D eigenvalue weighted by Crippen LogP contribution is -2.12. The van der Waals surface area contributed by atoms with Gasteiger partial charge in [0.05, 0.1) is 31.1 Å². The number of aromatic amines is 1. The second-order valence-electron chi connectivity index (χ2n) is 5.30. The zero-order valence-electron chi connectivity index (χ0n) is 14.1. The van der Waals surface area contributed by atoms with Crippen LogP contribution in [0.1, 0.15) is 10.4 Å². The number of carbonyl (C=O) groups excluding carboxylic acids is 1. The molecule has 0 bridgehead atoms. The molecule has 0 aliphatic rings. The fourth-order valence-electron chi connectivity index (χ4n) is 2.53. The van der Waals surface area contributed by atoms with E-state index >= 15 is 0 Å². The van der Waals surface area contributed by atoms with E-state index in [-0.39, 0.29) is 28.6 Å². The molecule has 8 heteroatoms. The molecule has 7 nitrogen and oxygen atoms in total. The average molecular weight is 372 g/mol. The summed E-state index contributed by atoms with van der Waals surface area (Å²) in [5.41, 5.74) is 0.285. The third-order valence-electron chi connectivity index (χ3n) is 3.76. The Kier molecular flexibility index (Phi) is 5.13. The molecule has 0 saturated carbocycles. The van der Waals surface area contributed by atoms with Gasteiger partial charge in [-0.15, -0.1) is 0 Å². The normalized spacial score (nSPS) is 10.7. The number of phenols is 1. The van der Waals surface area contributed by atoms with Gasteiger partial charge in [-0.05, 0) is 18.2 Å². The summed E-state index contributed by atoms with van der Waals surface area (Å²) in [6, 6.07) is 10.2. The van der Waals surface area contributed by atoms with Crippen LogP contribution in [0.15, 0.2) is 46.2 Å². The van der Waals surface area contributed by atoms with E-state index in [9.17, 15) is 14.7 Å². The lowest BCUT2D eigenvalue weighted by Gasteiger charge is -2.12. The van der Waals surface area contributed by atoms with Crippen molar-refractivity contribution in [2.24, 2.45) is 0 Å².